The predicted molar refractivity (Wildman–Crippen MR) is 76.4 cm³/mol. The molecule has 0 saturated heterocycles. The molecule has 0 bridgehead atoms. The minimum absolute atomic E-state index is 0.242. The average Bonchev–Trinajstić information content (AvgIpc) is 2.86. The van der Waals surface area contributed by atoms with Crippen LogP contribution in [-0.4, -0.2) is 35.2 Å². The maximum absolute atomic E-state index is 11.7. The molecule has 1 unspecified atom stereocenters. The quantitative estimate of drug-likeness (QED) is 0.696. The number of ether oxygens (including phenoxy) is 1. The number of nitrogens with two attached hydrogens (primary N) is 1. The lowest BCUT2D eigenvalue weighted by atomic mass is 10.2. The van der Waals surface area contributed by atoms with Gasteiger partial charge >= 0.3 is 5.97 Å². The molecule has 0 fully saturated rings. The van der Waals surface area contributed by atoms with Crippen LogP contribution < -0.4 is 11.1 Å². The third-order valence-corrected chi connectivity index (χ3v) is 3.53. The van der Waals surface area contributed by atoms with Crippen LogP contribution in [0, 0.1) is 0 Å². The minimum atomic E-state index is -0.522. The van der Waals surface area contributed by atoms with Gasteiger partial charge in [-0.15, -0.1) is 10.2 Å². The molecule has 1 heterocycles. The van der Waals surface area contributed by atoms with E-state index in [0.29, 0.717) is 30.8 Å². The number of nitrogens with zero attached hydrogens (tertiary/aromatic N) is 2. The van der Waals surface area contributed by atoms with E-state index in [-0.39, 0.29) is 11.9 Å². The lowest BCUT2D eigenvalue weighted by molar-refractivity contribution is -0.140. The number of hydrogen-bond donors (Lipinski definition) is 2. The van der Waals surface area contributed by atoms with Crippen molar-refractivity contribution >= 4 is 28.3 Å². The van der Waals surface area contributed by atoms with Crippen LogP contribution in [0.2, 0.25) is 0 Å². The van der Waals surface area contributed by atoms with Gasteiger partial charge < -0.3 is 10.5 Å². The van der Waals surface area contributed by atoms with Gasteiger partial charge in [-0.25, -0.2) is 0 Å². The van der Waals surface area contributed by atoms with E-state index in [1.807, 2.05) is 6.92 Å². The smallest absolute Gasteiger partial charge is 0.305 e. The highest BCUT2D eigenvalue weighted by Gasteiger charge is 2.14. The SMILES string of the molecule is CCCC(N)C(=O)Nc1nnc(CCCC(=O)OC)s1. The van der Waals surface area contributed by atoms with Gasteiger partial charge in [0.1, 0.15) is 5.01 Å². The van der Waals surface area contributed by atoms with Crippen LogP contribution in [0.1, 0.15) is 37.6 Å². The topological polar surface area (TPSA) is 107 Å². The van der Waals surface area contributed by atoms with Crippen molar-refractivity contribution in [2.75, 3.05) is 12.4 Å². The Balaban J connectivity index is 2.39. The summed E-state index contributed by atoms with van der Waals surface area (Å²) in [5.41, 5.74) is 5.70. The molecule has 1 aromatic rings. The van der Waals surface area contributed by atoms with Crippen molar-refractivity contribution in [1.29, 1.82) is 0 Å². The number of aromatic nitrogens is 2. The second-order valence-corrected chi connectivity index (χ2v) is 5.38. The number of carbonyl (C=O) groups is 2. The van der Waals surface area contributed by atoms with E-state index < -0.39 is 6.04 Å². The van der Waals surface area contributed by atoms with Crippen LogP contribution in [0.25, 0.3) is 0 Å². The number of methoxy groups -OCH3 is 1. The first-order chi connectivity index (χ1) is 9.56. The molecule has 0 aromatic carbocycles. The number of hydrogen-bond acceptors (Lipinski definition) is 7. The van der Waals surface area contributed by atoms with Gasteiger partial charge in [0, 0.05) is 12.8 Å². The molecule has 0 spiro atoms. The van der Waals surface area contributed by atoms with Crippen molar-refractivity contribution in [3.05, 3.63) is 5.01 Å². The van der Waals surface area contributed by atoms with E-state index in [1.54, 1.807) is 0 Å². The first-order valence-electron chi connectivity index (χ1n) is 6.52. The first kappa shape index (κ1) is 16.5. The Labute approximate surface area is 121 Å². The molecule has 0 saturated carbocycles. The number of carbonyl (C=O) groups excluding carboxylic acids is 2. The fraction of sp³-hybridized carbons (Fsp3) is 0.667. The summed E-state index contributed by atoms with van der Waals surface area (Å²) in [6.45, 7) is 1.97. The van der Waals surface area contributed by atoms with E-state index in [1.165, 1.54) is 18.4 Å². The highest BCUT2D eigenvalue weighted by Crippen LogP contribution is 2.17. The van der Waals surface area contributed by atoms with E-state index in [9.17, 15) is 9.59 Å². The second kappa shape index (κ2) is 8.60. The van der Waals surface area contributed by atoms with E-state index >= 15 is 0 Å². The minimum Gasteiger partial charge on any atom is -0.469 e. The van der Waals surface area contributed by atoms with Crippen LogP contribution in [0.5, 0.6) is 0 Å². The summed E-state index contributed by atoms with van der Waals surface area (Å²) < 4.78 is 4.55. The molecule has 1 amide bonds. The van der Waals surface area contributed by atoms with Gasteiger partial charge in [0.15, 0.2) is 0 Å². The lowest BCUT2D eigenvalue weighted by Crippen LogP contribution is -2.35. The Bertz CT molecular complexity index is 450. The van der Waals surface area contributed by atoms with Gasteiger partial charge in [0.2, 0.25) is 11.0 Å². The molecule has 3 N–H and O–H groups in total. The van der Waals surface area contributed by atoms with Crippen LogP contribution in [0.15, 0.2) is 0 Å². The molecule has 1 rings (SSSR count). The summed E-state index contributed by atoms with van der Waals surface area (Å²) in [6.07, 6.45) is 3.10. The van der Waals surface area contributed by atoms with Gasteiger partial charge in [0.05, 0.1) is 13.2 Å². The standard InChI is InChI=1S/C12H20N4O3S/c1-3-5-8(13)11(18)14-12-16-15-9(20-12)6-4-7-10(17)19-2/h8H,3-7,13H2,1-2H3,(H,14,16,18). The van der Waals surface area contributed by atoms with Gasteiger partial charge in [-0.3, -0.25) is 14.9 Å². The molecule has 8 heteroatoms. The Morgan fingerprint density at radius 3 is 2.85 bits per heavy atom. The van der Waals surface area contributed by atoms with Crippen molar-refractivity contribution in [3.8, 4) is 0 Å². The molecule has 7 nitrogen and oxygen atoms in total. The van der Waals surface area contributed by atoms with E-state index in [0.717, 1.165) is 11.4 Å². The number of esters is 1. The molecule has 1 aromatic heterocycles. The zero-order valence-corrected chi connectivity index (χ0v) is 12.5. The van der Waals surface area contributed by atoms with Crippen LogP contribution in [0.3, 0.4) is 0 Å². The monoisotopic (exact) mass is 300 g/mol. The van der Waals surface area contributed by atoms with Crippen molar-refractivity contribution in [2.24, 2.45) is 5.73 Å². The zero-order chi connectivity index (χ0) is 15.0. The molecule has 20 heavy (non-hydrogen) atoms. The average molecular weight is 300 g/mol. The Hall–Kier alpha value is -1.54. The molecule has 0 radical (unpaired) electrons. The van der Waals surface area contributed by atoms with Gasteiger partial charge in [-0.1, -0.05) is 24.7 Å². The fourth-order valence-electron chi connectivity index (χ4n) is 1.53. The Morgan fingerprint density at radius 2 is 2.20 bits per heavy atom. The number of nitrogens with one attached hydrogen (secondary N) is 1. The highest BCUT2D eigenvalue weighted by atomic mass is 32.1. The van der Waals surface area contributed by atoms with Gasteiger partial charge in [-0.05, 0) is 12.8 Å². The van der Waals surface area contributed by atoms with Crippen molar-refractivity contribution < 1.29 is 14.3 Å². The number of rotatable bonds is 8. The molecule has 112 valence electrons. The third-order valence-electron chi connectivity index (χ3n) is 2.63. The summed E-state index contributed by atoms with van der Waals surface area (Å²) in [5.74, 6) is -0.488. The van der Waals surface area contributed by atoms with E-state index in [2.05, 4.69) is 20.3 Å². The van der Waals surface area contributed by atoms with Gasteiger partial charge in [-0.2, -0.15) is 0 Å². The first-order valence-corrected chi connectivity index (χ1v) is 7.34. The summed E-state index contributed by atoms with van der Waals surface area (Å²) >= 11 is 1.29. The molecule has 0 aliphatic carbocycles. The van der Waals surface area contributed by atoms with Crippen LogP contribution >= 0.6 is 11.3 Å². The summed E-state index contributed by atoms with van der Waals surface area (Å²) in [6, 6.07) is -0.522. The van der Waals surface area contributed by atoms with Crippen molar-refractivity contribution in [1.82, 2.24) is 10.2 Å². The molecule has 1 atom stereocenters. The normalized spacial score (nSPS) is 11.9. The van der Waals surface area contributed by atoms with Crippen molar-refractivity contribution in [2.45, 2.75) is 45.1 Å². The number of amides is 1. The highest BCUT2D eigenvalue weighted by molar-refractivity contribution is 7.15. The van der Waals surface area contributed by atoms with E-state index in [4.69, 9.17) is 5.73 Å². The number of anilines is 1. The van der Waals surface area contributed by atoms with Crippen LogP contribution in [0.4, 0.5) is 5.13 Å². The largest absolute Gasteiger partial charge is 0.469 e. The predicted octanol–water partition coefficient (Wildman–Crippen LogP) is 1.10. The van der Waals surface area contributed by atoms with Gasteiger partial charge in [0.25, 0.3) is 0 Å². The Kier molecular flexibility index (Phi) is 7.10. The zero-order valence-electron chi connectivity index (χ0n) is 11.7. The fourth-order valence-corrected chi connectivity index (χ4v) is 2.32. The second-order valence-electron chi connectivity index (χ2n) is 4.32. The maximum atomic E-state index is 11.7. The summed E-state index contributed by atoms with van der Waals surface area (Å²) in [7, 11) is 1.36. The maximum Gasteiger partial charge on any atom is 0.305 e. The third kappa shape index (κ3) is 5.62. The lowest BCUT2D eigenvalue weighted by Gasteiger charge is -2.08. The molecular weight excluding hydrogens is 280 g/mol. The molecule has 0 aliphatic rings. The van der Waals surface area contributed by atoms with Crippen molar-refractivity contribution in [3.63, 3.8) is 0 Å². The molecule has 0 aliphatic heterocycles. The van der Waals surface area contributed by atoms with Crippen LogP contribution in [-0.2, 0) is 20.7 Å². The molecular formula is C12H20N4O3S. The Morgan fingerprint density at radius 1 is 1.45 bits per heavy atom. The summed E-state index contributed by atoms with van der Waals surface area (Å²) in [4.78, 5) is 22.7. The summed E-state index contributed by atoms with van der Waals surface area (Å²) in [5, 5.41) is 11.7. The number of aryl methyl sites for hydroxylation is 1.